The summed E-state index contributed by atoms with van der Waals surface area (Å²) in [5.41, 5.74) is 5.14. The summed E-state index contributed by atoms with van der Waals surface area (Å²) >= 11 is 10.2. The summed E-state index contributed by atoms with van der Waals surface area (Å²) in [7, 11) is -3.56. The standard InChI is InChI=1S/C11H15BrClN3O3S2/c12-11-8(13)5-10(20-11)21(18,19)15-7-1-3-16(4-2-7)6-9(14)17/h5,7,15H,1-4,6H2,(H2,14,17). The fraction of sp³-hybridized carbons (Fsp3) is 0.545. The lowest BCUT2D eigenvalue weighted by atomic mass is 10.1. The van der Waals surface area contributed by atoms with Crippen molar-refractivity contribution >= 4 is 54.8 Å². The highest BCUT2D eigenvalue weighted by atomic mass is 79.9. The second-order valence-corrected chi connectivity index (χ2v) is 9.54. The number of likely N-dealkylation sites (tertiary alicyclic amines) is 1. The molecule has 0 radical (unpaired) electrons. The zero-order chi connectivity index (χ0) is 15.6. The fourth-order valence-corrected chi connectivity index (χ4v) is 5.89. The Morgan fingerprint density at radius 3 is 2.62 bits per heavy atom. The van der Waals surface area contributed by atoms with Crippen LogP contribution in [0.4, 0.5) is 0 Å². The SMILES string of the molecule is NC(=O)CN1CCC(NS(=O)(=O)c2cc(Cl)c(Br)s2)CC1. The van der Waals surface area contributed by atoms with E-state index in [2.05, 4.69) is 20.7 Å². The average Bonchev–Trinajstić information content (AvgIpc) is 2.72. The van der Waals surface area contributed by atoms with Crippen LogP contribution in [-0.2, 0) is 14.8 Å². The first-order valence-corrected chi connectivity index (χ1v) is 9.73. The van der Waals surface area contributed by atoms with Crippen molar-refractivity contribution in [3.8, 4) is 0 Å². The molecular formula is C11H15BrClN3O3S2. The molecule has 10 heteroatoms. The third kappa shape index (κ3) is 4.64. The molecule has 1 saturated heterocycles. The maximum absolute atomic E-state index is 12.3. The molecule has 0 spiro atoms. The largest absolute Gasteiger partial charge is 0.369 e. The number of nitrogens with one attached hydrogen (secondary N) is 1. The Balaban J connectivity index is 1.95. The van der Waals surface area contributed by atoms with E-state index in [-0.39, 0.29) is 22.7 Å². The summed E-state index contributed by atoms with van der Waals surface area (Å²) < 4.78 is 28.0. The Morgan fingerprint density at radius 2 is 2.14 bits per heavy atom. The molecule has 0 bridgehead atoms. The van der Waals surface area contributed by atoms with Crippen LogP contribution in [0.25, 0.3) is 0 Å². The number of rotatable bonds is 5. The predicted molar refractivity (Wildman–Crippen MR) is 86.0 cm³/mol. The molecule has 3 N–H and O–H groups in total. The minimum Gasteiger partial charge on any atom is -0.369 e. The number of carbonyl (C=O) groups excluding carboxylic acids is 1. The Hall–Kier alpha value is -0.190. The predicted octanol–water partition coefficient (Wildman–Crippen LogP) is 1.39. The molecule has 0 aromatic carbocycles. The van der Waals surface area contributed by atoms with Crippen molar-refractivity contribution in [2.24, 2.45) is 5.73 Å². The van der Waals surface area contributed by atoms with Crippen molar-refractivity contribution in [3.63, 3.8) is 0 Å². The Kier molecular flexibility index (Phi) is 5.66. The monoisotopic (exact) mass is 415 g/mol. The van der Waals surface area contributed by atoms with Gasteiger partial charge in [0.1, 0.15) is 4.21 Å². The van der Waals surface area contributed by atoms with E-state index in [1.807, 2.05) is 4.90 Å². The second-order valence-electron chi connectivity index (χ2n) is 4.83. The number of nitrogens with zero attached hydrogens (tertiary/aromatic N) is 1. The normalized spacial score (nSPS) is 18.0. The molecule has 0 unspecified atom stereocenters. The van der Waals surface area contributed by atoms with Gasteiger partial charge in [0.2, 0.25) is 15.9 Å². The van der Waals surface area contributed by atoms with Crippen LogP contribution in [0.2, 0.25) is 5.02 Å². The van der Waals surface area contributed by atoms with Crippen molar-refractivity contribution in [1.82, 2.24) is 9.62 Å². The third-order valence-corrected chi connectivity index (χ3v) is 7.65. The van der Waals surface area contributed by atoms with Crippen LogP contribution >= 0.6 is 38.9 Å². The van der Waals surface area contributed by atoms with Gasteiger partial charge in [-0.15, -0.1) is 11.3 Å². The number of piperidine rings is 1. The quantitative estimate of drug-likeness (QED) is 0.758. The van der Waals surface area contributed by atoms with E-state index in [0.29, 0.717) is 34.7 Å². The molecule has 0 atom stereocenters. The first-order valence-electron chi connectivity index (χ1n) is 6.26. The molecule has 1 aromatic rings. The summed E-state index contributed by atoms with van der Waals surface area (Å²) in [6.45, 7) is 1.50. The van der Waals surface area contributed by atoms with Crippen LogP contribution in [0.1, 0.15) is 12.8 Å². The minimum absolute atomic E-state index is 0.140. The van der Waals surface area contributed by atoms with Gasteiger partial charge in [0, 0.05) is 19.1 Å². The van der Waals surface area contributed by atoms with Crippen LogP contribution in [0.3, 0.4) is 0 Å². The molecule has 0 saturated carbocycles. The van der Waals surface area contributed by atoms with Gasteiger partial charge >= 0.3 is 0 Å². The highest BCUT2D eigenvalue weighted by Crippen LogP contribution is 2.34. The smallest absolute Gasteiger partial charge is 0.250 e. The average molecular weight is 417 g/mol. The molecule has 2 heterocycles. The highest BCUT2D eigenvalue weighted by molar-refractivity contribution is 9.11. The van der Waals surface area contributed by atoms with E-state index in [1.54, 1.807) is 0 Å². The number of nitrogens with two attached hydrogens (primary N) is 1. The number of primary amides is 1. The van der Waals surface area contributed by atoms with Gasteiger partial charge in [-0.2, -0.15) is 0 Å². The fourth-order valence-electron chi connectivity index (χ4n) is 2.17. The molecule has 118 valence electrons. The molecule has 1 fully saturated rings. The zero-order valence-corrected chi connectivity index (χ0v) is 15.0. The van der Waals surface area contributed by atoms with Gasteiger partial charge in [-0.1, -0.05) is 11.6 Å². The number of hydrogen-bond acceptors (Lipinski definition) is 5. The van der Waals surface area contributed by atoms with Crippen molar-refractivity contribution in [1.29, 1.82) is 0 Å². The summed E-state index contributed by atoms with van der Waals surface area (Å²) in [5.74, 6) is -0.368. The summed E-state index contributed by atoms with van der Waals surface area (Å²) in [6, 6.07) is 1.29. The number of thiophene rings is 1. The van der Waals surface area contributed by atoms with Crippen molar-refractivity contribution < 1.29 is 13.2 Å². The van der Waals surface area contributed by atoms with Gasteiger partial charge in [-0.3, -0.25) is 9.69 Å². The van der Waals surface area contributed by atoms with Crippen LogP contribution in [0.5, 0.6) is 0 Å². The first-order chi connectivity index (χ1) is 9.78. The minimum atomic E-state index is -3.56. The Morgan fingerprint density at radius 1 is 1.52 bits per heavy atom. The lowest BCUT2D eigenvalue weighted by Gasteiger charge is -2.31. The van der Waals surface area contributed by atoms with Crippen molar-refractivity contribution in [2.45, 2.75) is 23.1 Å². The maximum Gasteiger partial charge on any atom is 0.250 e. The maximum atomic E-state index is 12.3. The molecule has 1 aromatic heterocycles. The van der Waals surface area contributed by atoms with E-state index < -0.39 is 10.0 Å². The molecule has 0 aliphatic carbocycles. The number of hydrogen-bond donors (Lipinski definition) is 2. The number of sulfonamides is 1. The van der Waals surface area contributed by atoms with E-state index >= 15 is 0 Å². The van der Waals surface area contributed by atoms with Crippen molar-refractivity contribution in [3.05, 3.63) is 14.9 Å². The van der Waals surface area contributed by atoms with Crippen LogP contribution in [-0.4, -0.2) is 44.9 Å². The molecular weight excluding hydrogens is 402 g/mol. The van der Waals surface area contributed by atoms with E-state index in [9.17, 15) is 13.2 Å². The van der Waals surface area contributed by atoms with Gasteiger partial charge in [0.05, 0.1) is 15.4 Å². The summed E-state index contributed by atoms with van der Waals surface area (Å²) in [4.78, 5) is 12.8. The van der Waals surface area contributed by atoms with Gasteiger partial charge in [-0.25, -0.2) is 13.1 Å². The number of carbonyl (C=O) groups is 1. The summed E-state index contributed by atoms with van der Waals surface area (Å²) in [6.07, 6.45) is 1.29. The second kappa shape index (κ2) is 6.93. The first kappa shape index (κ1) is 17.2. The number of halogens is 2. The summed E-state index contributed by atoms with van der Waals surface area (Å²) in [5, 5.41) is 0.386. The Bertz CT molecular complexity index is 607. The van der Waals surface area contributed by atoms with Gasteiger partial charge in [-0.05, 0) is 34.8 Å². The number of amides is 1. The third-order valence-electron chi connectivity index (χ3n) is 3.18. The van der Waals surface area contributed by atoms with Crippen LogP contribution < -0.4 is 10.5 Å². The van der Waals surface area contributed by atoms with E-state index in [4.69, 9.17) is 17.3 Å². The lowest BCUT2D eigenvalue weighted by molar-refractivity contribution is -0.119. The van der Waals surface area contributed by atoms with Gasteiger partial charge in [0.15, 0.2) is 0 Å². The van der Waals surface area contributed by atoms with Gasteiger partial charge < -0.3 is 5.73 Å². The van der Waals surface area contributed by atoms with E-state index in [1.165, 1.54) is 6.07 Å². The Labute approximate surface area is 140 Å². The highest BCUT2D eigenvalue weighted by Gasteiger charge is 2.26. The lowest BCUT2D eigenvalue weighted by Crippen LogP contribution is -2.46. The molecule has 1 amide bonds. The zero-order valence-electron chi connectivity index (χ0n) is 11.0. The molecule has 6 nitrogen and oxygen atoms in total. The van der Waals surface area contributed by atoms with Crippen LogP contribution in [0.15, 0.2) is 14.1 Å². The molecule has 1 aliphatic rings. The topological polar surface area (TPSA) is 92.5 Å². The molecule has 1 aliphatic heterocycles. The van der Waals surface area contributed by atoms with Gasteiger partial charge in [0.25, 0.3) is 0 Å². The molecule has 21 heavy (non-hydrogen) atoms. The van der Waals surface area contributed by atoms with E-state index in [0.717, 1.165) is 11.3 Å². The van der Waals surface area contributed by atoms with Crippen molar-refractivity contribution in [2.75, 3.05) is 19.6 Å². The van der Waals surface area contributed by atoms with Crippen LogP contribution in [0, 0.1) is 0 Å². The molecule has 2 rings (SSSR count).